The molecule has 0 saturated carbocycles. The third-order valence-electron chi connectivity index (χ3n) is 3.79. The molecule has 1 heterocycles. The van der Waals surface area contributed by atoms with Crippen molar-refractivity contribution in [3.63, 3.8) is 0 Å². The van der Waals surface area contributed by atoms with Crippen LogP contribution in [0.15, 0.2) is 22.7 Å². The Morgan fingerprint density at radius 1 is 1.14 bits per heavy atom. The second-order valence-electron chi connectivity index (χ2n) is 5.36. The van der Waals surface area contributed by atoms with Crippen molar-refractivity contribution in [2.75, 3.05) is 26.2 Å². The molecule has 1 aliphatic rings. The maximum absolute atomic E-state index is 12.6. The van der Waals surface area contributed by atoms with Crippen LogP contribution in [0.25, 0.3) is 0 Å². The van der Waals surface area contributed by atoms with E-state index >= 15 is 0 Å². The maximum atomic E-state index is 12.6. The molecule has 0 spiro atoms. The number of carbonyl (C=O) groups excluding carboxylic acids is 2. The van der Waals surface area contributed by atoms with Crippen LogP contribution < -0.4 is 0 Å². The van der Waals surface area contributed by atoms with Crippen molar-refractivity contribution in [2.24, 2.45) is 0 Å². The van der Waals surface area contributed by atoms with Crippen LogP contribution >= 0.6 is 15.9 Å². The molecule has 1 fully saturated rings. The summed E-state index contributed by atoms with van der Waals surface area (Å²) in [7, 11) is 0. The van der Waals surface area contributed by atoms with E-state index in [2.05, 4.69) is 15.9 Å². The number of carbonyl (C=O) groups is 2. The first-order valence-corrected chi connectivity index (χ1v) is 8.15. The summed E-state index contributed by atoms with van der Waals surface area (Å²) in [5.74, 6) is 0.202. The molecule has 5 heteroatoms. The van der Waals surface area contributed by atoms with Crippen LogP contribution in [0, 0.1) is 6.92 Å². The number of aryl methyl sites for hydroxylation is 1. The number of nitrogens with zero attached hydrogens (tertiary/aromatic N) is 2. The SMILES string of the molecule is CCC(=O)N1CCCN(C(=O)c2ccc(C)cc2Br)CC1. The molecule has 1 aromatic rings. The van der Waals surface area contributed by atoms with E-state index in [1.54, 1.807) is 0 Å². The van der Waals surface area contributed by atoms with Crippen LogP contribution in [-0.2, 0) is 4.79 Å². The van der Waals surface area contributed by atoms with Gasteiger partial charge in [0.15, 0.2) is 0 Å². The summed E-state index contributed by atoms with van der Waals surface area (Å²) < 4.78 is 0.832. The van der Waals surface area contributed by atoms with Crippen LogP contribution in [0.3, 0.4) is 0 Å². The van der Waals surface area contributed by atoms with Crippen molar-refractivity contribution in [2.45, 2.75) is 26.7 Å². The van der Waals surface area contributed by atoms with Gasteiger partial charge in [0.05, 0.1) is 5.56 Å². The molecule has 2 amide bonds. The van der Waals surface area contributed by atoms with Gasteiger partial charge in [-0.15, -0.1) is 0 Å². The van der Waals surface area contributed by atoms with E-state index in [9.17, 15) is 9.59 Å². The zero-order valence-electron chi connectivity index (χ0n) is 12.6. The molecule has 2 rings (SSSR count). The lowest BCUT2D eigenvalue weighted by atomic mass is 10.1. The zero-order chi connectivity index (χ0) is 15.4. The van der Waals surface area contributed by atoms with E-state index in [1.165, 1.54) is 0 Å². The first-order chi connectivity index (χ1) is 10.0. The van der Waals surface area contributed by atoms with Gasteiger partial charge >= 0.3 is 0 Å². The van der Waals surface area contributed by atoms with Gasteiger partial charge in [-0.2, -0.15) is 0 Å². The van der Waals surface area contributed by atoms with Gasteiger partial charge in [0.25, 0.3) is 5.91 Å². The summed E-state index contributed by atoms with van der Waals surface area (Å²) in [4.78, 5) is 28.1. The standard InChI is InChI=1S/C16H21BrN2O2/c1-3-15(20)18-7-4-8-19(10-9-18)16(21)13-6-5-12(2)11-14(13)17/h5-6,11H,3-4,7-10H2,1-2H3. The summed E-state index contributed by atoms with van der Waals surface area (Å²) in [6.07, 6.45) is 1.36. The molecule has 1 saturated heterocycles. The first-order valence-electron chi connectivity index (χ1n) is 7.36. The molecular formula is C16H21BrN2O2. The molecular weight excluding hydrogens is 332 g/mol. The van der Waals surface area contributed by atoms with Crippen molar-refractivity contribution in [1.29, 1.82) is 0 Å². The highest BCUT2D eigenvalue weighted by Gasteiger charge is 2.23. The van der Waals surface area contributed by atoms with E-state index in [0.717, 1.165) is 23.0 Å². The third-order valence-corrected chi connectivity index (χ3v) is 4.45. The summed E-state index contributed by atoms with van der Waals surface area (Å²) >= 11 is 3.47. The molecule has 0 N–H and O–H groups in total. The Morgan fingerprint density at radius 3 is 2.48 bits per heavy atom. The minimum atomic E-state index is 0.0349. The van der Waals surface area contributed by atoms with Crippen LogP contribution in [0.5, 0.6) is 0 Å². The van der Waals surface area contributed by atoms with Crippen molar-refractivity contribution in [1.82, 2.24) is 9.80 Å². The van der Waals surface area contributed by atoms with E-state index in [1.807, 2.05) is 41.8 Å². The Balaban J connectivity index is 2.08. The molecule has 0 radical (unpaired) electrons. The molecule has 4 nitrogen and oxygen atoms in total. The fourth-order valence-electron chi connectivity index (χ4n) is 2.56. The van der Waals surface area contributed by atoms with Crippen molar-refractivity contribution < 1.29 is 9.59 Å². The number of halogens is 1. The number of hydrogen-bond acceptors (Lipinski definition) is 2. The second kappa shape index (κ2) is 7.07. The summed E-state index contributed by atoms with van der Waals surface area (Å²) in [5.41, 5.74) is 1.81. The molecule has 21 heavy (non-hydrogen) atoms. The summed E-state index contributed by atoms with van der Waals surface area (Å²) in [5, 5.41) is 0. The Hall–Kier alpha value is -1.36. The molecule has 0 aliphatic carbocycles. The van der Waals surface area contributed by atoms with Gasteiger partial charge in [0.1, 0.15) is 0 Å². The molecule has 0 atom stereocenters. The molecule has 1 aliphatic heterocycles. The highest BCUT2D eigenvalue weighted by Crippen LogP contribution is 2.21. The summed E-state index contributed by atoms with van der Waals surface area (Å²) in [6, 6.07) is 5.77. The number of benzene rings is 1. The Labute approximate surface area is 134 Å². The lowest BCUT2D eigenvalue weighted by Gasteiger charge is -2.22. The molecule has 0 unspecified atom stereocenters. The van der Waals surface area contributed by atoms with E-state index in [4.69, 9.17) is 0 Å². The number of rotatable bonds is 2. The van der Waals surface area contributed by atoms with Gasteiger partial charge in [0, 0.05) is 37.1 Å². The fourth-order valence-corrected chi connectivity index (χ4v) is 3.22. The maximum Gasteiger partial charge on any atom is 0.255 e. The molecule has 114 valence electrons. The Morgan fingerprint density at radius 2 is 1.81 bits per heavy atom. The number of amides is 2. The van der Waals surface area contributed by atoms with Gasteiger partial charge in [-0.25, -0.2) is 0 Å². The van der Waals surface area contributed by atoms with Gasteiger partial charge in [-0.05, 0) is 47.0 Å². The molecule has 1 aromatic carbocycles. The van der Waals surface area contributed by atoms with Gasteiger partial charge in [-0.3, -0.25) is 9.59 Å². The predicted molar refractivity (Wildman–Crippen MR) is 86.3 cm³/mol. The largest absolute Gasteiger partial charge is 0.341 e. The summed E-state index contributed by atoms with van der Waals surface area (Å²) in [6.45, 7) is 6.55. The third kappa shape index (κ3) is 3.84. The van der Waals surface area contributed by atoms with E-state index in [-0.39, 0.29) is 11.8 Å². The van der Waals surface area contributed by atoms with E-state index in [0.29, 0.717) is 31.6 Å². The van der Waals surface area contributed by atoms with Crippen molar-refractivity contribution >= 4 is 27.7 Å². The monoisotopic (exact) mass is 352 g/mol. The lowest BCUT2D eigenvalue weighted by Crippen LogP contribution is -2.37. The van der Waals surface area contributed by atoms with Gasteiger partial charge < -0.3 is 9.80 Å². The first kappa shape index (κ1) is 16.0. The minimum Gasteiger partial charge on any atom is -0.341 e. The van der Waals surface area contributed by atoms with Crippen LogP contribution in [0.4, 0.5) is 0 Å². The van der Waals surface area contributed by atoms with Gasteiger partial charge in [-0.1, -0.05) is 13.0 Å². The van der Waals surface area contributed by atoms with Crippen molar-refractivity contribution in [3.8, 4) is 0 Å². The fraction of sp³-hybridized carbons (Fsp3) is 0.500. The van der Waals surface area contributed by atoms with Crippen molar-refractivity contribution in [3.05, 3.63) is 33.8 Å². The highest BCUT2D eigenvalue weighted by atomic mass is 79.9. The Kier molecular flexibility index (Phi) is 5.39. The van der Waals surface area contributed by atoms with Crippen LogP contribution in [0.1, 0.15) is 35.7 Å². The Bertz CT molecular complexity index is 545. The topological polar surface area (TPSA) is 40.6 Å². The quantitative estimate of drug-likeness (QED) is 0.820. The molecule has 0 aromatic heterocycles. The average Bonchev–Trinajstić information content (AvgIpc) is 2.71. The lowest BCUT2D eigenvalue weighted by molar-refractivity contribution is -0.130. The normalized spacial score (nSPS) is 15.8. The van der Waals surface area contributed by atoms with Crippen LogP contribution in [-0.4, -0.2) is 47.8 Å². The average molecular weight is 353 g/mol. The molecule has 0 bridgehead atoms. The minimum absolute atomic E-state index is 0.0349. The highest BCUT2D eigenvalue weighted by molar-refractivity contribution is 9.10. The van der Waals surface area contributed by atoms with Crippen LogP contribution in [0.2, 0.25) is 0 Å². The van der Waals surface area contributed by atoms with E-state index < -0.39 is 0 Å². The number of hydrogen-bond donors (Lipinski definition) is 0. The predicted octanol–water partition coefficient (Wildman–Crippen LogP) is 2.84. The van der Waals surface area contributed by atoms with Gasteiger partial charge in [0.2, 0.25) is 5.91 Å². The second-order valence-corrected chi connectivity index (χ2v) is 6.22. The smallest absolute Gasteiger partial charge is 0.255 e. The zero-order valence-corrected chi connectivity index (χ0v) is 14.1.